The van der Waals surface area contributed by atoms with E-state index in [2.05, 4.69) is 31.9 Å². The van der Waals surface area contributed by atoms with Crippen molar-refractivity contribution in [2.24, 2.45) is 0 Å². The number of para-hydroxylation sites is 1. The molecule has 0 saturated carbocycles. The Balaban J connectivity index is 2.12. The fraction of sp³-hybridized carbons (Fsp3) is 0.250. The van der Waals surface area contributed by atoms with Crippen LogP contribution in [0.25, 0.3) is 0 Å². The molecule has 28 heavy (non-hydrogen) atoms. The van der Waals surface area contributed by atoms with Gasteiger partial charge in [0.15, 0.2) is 5.11 Å². The number of benzene rings is 2. The van der Waals surface area contributed by atoms with E-state index in [9.17, 15) is 9.59 Å². The number of thiocarbonyl (C=S) groups is 1. The molecule has 0 aliphatic heterocycles. The van der Waals surface area contributed by atoms with Crippen molar-refractivity contribution in [2.75, 3.05) is 18.5 Å². The van der Waals surface area contributed by atoms with Gasteiger partial charge in [-0.25, -0.2) is 0 Å². The summed E-state index contributed by atoms with van der Waals surface area (Å²) in [7, 11) is 0. The Bertz CT molecular complexity index is 874. The summed E-state index contributed by atoms with van der Waals surface area (Å²) in [6, 6.07) is 12.1. The van der Waals surface area contributed by atoms with Gasteiger partial charge in [-0.15, -0.1) is 0 Å². The maximum Gasteiger partial charge on any atom is 0.261 e. The van der Waals surface area contributed by atoms with E-state index in [1.54, 1.807) is 42.5 Å². The molecule has 0 aliphatic carbocycles. The third-order valence-electron chi connectivity index (χ3n) is 3.67. The molecule has 3 N–H and O–H groups in total. The molecule has 0 fully saturated rings. The lowest BCUT2D eigenvalue weighted by Gasteiger charge is -2.15. The van der Waals surface area contributed by atoms with E-state index in [0.717, 1.165) is 10.9 Å². The second-order valence-corrected chi connectivity index (χ2v) is 7.11. The van der Waals surface area contributed by atoms with Crippen molar-refractivity contribution in [3.05, 3.63) is 58.1 Å². The van der Waals surface area contributed by atoms with Gasteiger partial charge in [-0.3, -0.25) is 14.9 Å². The molecule has 0 radical (unpaired) electrons. The molecule has 2 aromatic rings. The average molecular weight is 464 g/mol. The number of rotatable bonds is 7. The molecule has 6 nitrogen and oxygen atoms in total. The van der Waals surface area contributed by atoms with E-state index in [0.29, 0.717) is 35.7 Å². The molecule has 0 aromatic heterocycles. The second kappa shape index (κ2) is 10.8. The van der Waals surface area contributed by atoms with Crippen molar-refractivity contribution in [2.45, 2.75) is 20.3 Å². The van der Waals surface area contributed by atoms with Gasteiger partial charge in [0.25, 0.3) is 11.8 Å². The van der Waals surface area contributed by atoms with Gasteiger partial charge in [0.1, 0.15) is 5.75 Å². The highest BCUT2D eigenvalue weighted by Gasteiger charge is 2.16. The minimum atomic E-state index is -0.407. The van der Waals surface area contributed by atoms with E-state index in [4.69, 9.17) is 17.0 Å². The second-order valence-electron chi connectivity index (χ2n) is 5.78. The van der Waals surface area contributed by atoms with Crippen LogP contribution in [0.4, 0.5) is 5.69 Å². The Labute approximate surface area is 178 Å². The first-order valence-electron chi connectivity index (χ1n) is 8.88. The zero-order valence-electron chi connectivity index (χ0n) is 15.7. The summed E-state index contributed by atoms with van der Waals surface area (Å²) in [4.78, 5) is 24.9. The molecule has 148 valence electrons. The van der Waals surface area contributed by atoms with Crippen molar-refractivity contribution < 1.29 is 14.3 Å². The minimum Gasteiger partial charge on any atom is -0.493 e. The lowest BCUT2D eigenvalue weighted by molar-refractivity contribution is 0.0952. The smallest absolute Gasteiger partial charge is 0.261 e. The Morgan fingerprint density at radius 1 is 1.07 bits per heavy atom. The number of nitrogens with one attached hydrogen (secondary N) is 3. The summed E-state index contributed by atoms with van der Waals surface area (Å²) >= 11 is 8.61. The molecule has 0 spiro atoms. The molecular weight excluding hydrogens is 442 g/mol. The molecule has 0 aliphatic rings. The lowest BCUT2D eigenvalue weighted by atomic mass is 10.1. The number of ether oxygens (including phenoxy) is 1. The van der Waals surface area contributed by atoms with Crippen LogP contribution in [-0.4, -0.2) is 30.1 Å². The standard InChI is InChI=1S/C20H22BrN3O3S/c1-3-11-22-18(25)14-7-5-6-8-16(14)23-20(28)24-19(26)15-12-13(21)9-10-17(15)27-4-2/h5-10,12H,3-4,11H2,1-2H3,(H,22,25)(H2,23,24,26,28). The molecule has 8 heteroatoms. The fourth-order valence-corrected chi connectivity index (χ4v) is 2.97. The number of amides is 2. The zero-order chi connectivity index (χ0) is 20.5. The Morgan fingerprint density at radius 3 is 2.54 bits per heavy atom. The molecule has 0 unspecified atom stereocenters. The van der Waals surface area contributed by atoms with Gasteiger partial charge in [-0.1, -0.05) is 35.0 Å². The predicted molar refractivity (Wildman–Crippen MR) is 118 cm³/mol. The van der Waals surface area contributed by atoms with Gasteiger partial charge in [0, 0.05) is 11.0 Å². The van der Waals surface area contributed by atoms with Crippen LogP contribution in [0.2, 0.25) is 0 Å². The molecule has 2 aromatic carbocycles. The summed E-state index contributed by atoms with van der Waals surface area (Å²) in [5.41, 5.74) is 1.32. The van der Waals surface area contributed by atoms with E-state index in [-0.39, 0.29) is 11.0 Å². The zero-order valence-corrected chi connectivity index (χ0v) is 18.1. The number of carbonyl (C=O) groups is 2. The van der Waals surface area contributed by atoms with E-state index >= 15 is 0 Å². The van der Waals surface area contributed by atoms with Crippen LogP contribution in [0.15, 0.2) is 46.9 Å². The topological polar surface area (TPSA) is 79.5 Å². The summed E-state index contributed by atoms with van der Waals surface area (Å²) in [6.45, 7) is 4.84. The summed E-state index contributed by atoms with van der Waals surface area (Å²) in [6.07, 6.45) is 0.838. The minimum absolute atomic E-state index is 0.0863. The van der Waals surface area contributed by atoms with Crippen LogP contribution < -0.4 is 20.7 Å². The van der Waals surface area contributed by atoms with Gasteiger partial charge in [-0.05, 0) is 55.9 Å². The molecule has 2 rings (SSSR count). The number of carbonyl (C=O) groups excluding carboxylic acids is 2. The van der Waals surface area contributed by atoms with E-state index in [1.807, 2.05) is 13.8 Å². The number of halogens is 1. The molecule has 0 atom stereocenters. The van der Waals surface area contributed by atoms with Crippen LogP contribution in [0.5, 0.6) is 5.75 Å². The maximum atomic E-state index is 12.6. The third kappa shape index (κ3) is 6.03. The quantitative estimate of drug-likeness (QED) is 0.538. The van der Waals surface area contributed by atoms with Gasteiger partial charge in [-0.2, -0.15) is 0 Å². The third-order valence-corrected chi connectivity index (χ3v) is 4.37. The van der Waals surface area contributed by atoms with Gasteiger partial charge in [0.05, 0.1) is 23.4 Å². The molecule has 0 heterocycles. The number of anilines is 1. The largest absolute Gasteiger partial charge is 0.493 e. The first kappa shape index (κ1) is 21.8. The number of hydrogen-bond donors (Lipinski definition) is 3. The van der Waals surface area contributed by atoms with Crippen LogP contribution in [-0.2, 0) is 0 Å². The van der Waals surface area contributed by atoms with Crippen molar-refractivity contribution in [1.82, 2.24) is 10.6 Å². The highest BCUT2D eigenvalue weighted by Crippen LogP contribution is 2.23. The summed E-state index contributed by atoms with van der Waals surface area (Å²) in [5, 5.41) is 8.46. The number of hydrogen-bond acceptors (Lipinski definition) is 4. The highest BCUT2D eigenvalue weighted by atomic mass is 79.9. The Hall–Kier alpha value is -2.45. The van der Waals surface area contributed by atoms with Crippen molar-refractivity contribution >= 4 is 50.8 Å². The van der Waals surface area contributed by atoms with Crippen molar-refractivity contribution in [3.8, 4) is 5.75 Å². The Kier molecular flexibility index (Phi) is 8.41. The molecule has 2 amide bonds. The van der Waals surface area contributed by atoms with Crippen LogP contribution in [0.3, 0.4) is 0 Å². The average Bonchev–Trinajstić information content (AvgIpc) is 2.67. The van der Waals surface area contributed by atoms with E-state index < -0.39 is 5.91 Å². The first-order chi connectivity index (χ1) is 13.5. The molecule has 0 saturated heterocycles. The first-order valence-corrected chi connectivity index (χ1v) is 10.1. The Morgan fingerprint density at radius 2 is 1.82 bits per heavy atom. The van der Waals surface area contributed by atoms with Gasteiger partial charge >= 0.3 is 0 Å². The van der Waals surface area contributed by atoms with Crippen LogP contribution in [0, 0.1) is 0 Å². The monoisotopic (exact) mass is 463 g/mol. The van der Waals surface area contributed by atoms with Crippen molar-refractivity contribution in [1.29, 1.82) is 0 Å². The highest BCUT2D eigenvalue weighted by molar-refractivity contribution is 9.10. The van der Waals surface area contributed by atoms with Crippen LogP contribution >= 0.6 is 28.1 Å². The van der Waals surface area contributed by atoms with Crippen molar-refractivity contribution in [3.63, 3.8) is 0 Å². The summed E-state index contributed by atoms with van der Waals surface area (Å²) < 4.78 is 6.25. The fourth-order valence-electron chi connectivity index (χ4n) is 2.41. The predicted octanol–water partition coefficient (Wildman–Crippen LogP) is 4.11. The van der Waals surface area contributed by atoms with Crippen LogP contribution in [0.1, 0.15) is 41.0 Å². The van der Waals surface area contributed by atoms with E-state index in [1.165, 1.54) is 0 Å². The van der Waals surface area contributed by atoms with Gasteiger partial charge < -0.3 is 15.4 Å². The molecule has 0 bridgehead atoms. The normalized spacial score (nSPS) is 10.1. The SMILES string of the molecule is CCCNC(=O)c1ccccc1NC(=S)NC(=O)c1cc(Br)ccc1OCC. The molecular formula is C20H22BrN3O3S. The maximum absolute atomic E-state index is 12.6. The lowest BCUT2D eigenvalue weighted by Crippen LogP contribution is -2.35. The van der Waals surface area contributed by atoms with Gasteiger partial charge in [0.2, 0.25) is 0 Å². The summed E-state index contributed by atoms with van der Waals surface area (Å²) in [5.74, 6) is -0.148.